The van der Waals surface area contributed by atoms with Crippen molar-refractivity contribution in [2.24, 2.45) is 4.99 Å². The zero-order valence-electron chi connectivity index (χ0n) is 10.7. The molecule has 2 rings (SSSR count). The maximum atomic E-state index is 11.0. The van der Waals surface area contributed by atoms with Crippen LogP contribution in [0.2, 0.25) is 0 Å². The number of aliphatic imine (C=N–C) groups is 1. The van der Waals surface area contributed by atoms with E-state index in [1.807, 2.05) is 24.3 Å². The van der Waals surface area contributed by atoms with Crippen molar-refractivity contribution in [2.45, 2.75) is 13.3 Å². The van der Waals surface area contributed by atoms with Crippen LogP contribution in [0, 0.1) is 0 Å². The van der Waals surface area contributed by atoms with Crippen LogP contribution in [0.1, 0.15) is 28.4 Å². The van der Waals surface area contributed by atoms with Gasteiger partial charge in [0.25, 0.3) is 0 Å². The lowest BCUT2D eigenvalue weighted by molar-refractivity contribution is 0.0698. The van der Waals surface area contributed by atoms with Gasteiger partial charge in [-0.05, 0) is 29.7 Å². The van der Waals surface area contributed by atoms with Gasteiger partial charge in [-0.1, -0.05) is 43.3 Å². The number of hydrogen-bond acceptors (Lipinski definition) is 2. The molecule has 3 nitrogen and oxygen atoms in total. The predicted octanol–water partition coefficient (Wildman–Crippen LogP) is 3.70. The van der Waals surface area contributed by atoms with Crippen LogP contribution < -0.4 is 0 Å². The summed E-state index contributed by atoms with van der Waals surface area (Å²) in [6, 6.07) is 14.8. The van der Waals surface area contributed by atoms with Gasteiger partial charge < -0.3 is 5.11 Å². The van der Waals surface area contributed by atoms with Crippen molar-refractivity contribution in [2.75, 3.05) is 0 Å². The Morgan fingerprint density at radius 2 is 1.84 bits per heavy atom. The third kappa shape index (κ3) is 3.28. The summed E-state index contributed by atoms with van der Waals surface area (Å²) >= 11 is 0. The van der Waals surface area contributed by atoms with Crippen molar-refractivity contribution < 1.29 is 9.90 Å². The molecule has 0 amide bonds. The van der Waals surface area contributed by atoms with Gasteiger partial charge >= 0.3 is 5.97 Å². The minimum Gasteiger partial charge on any atom is -0.478 e. The lowest BCUT2D eigenvalue weighted by Gasteiger charge is -2.00. The van der Waals surface area contributed by atoms with E-state index in [0.29, 0.717) is 5.69 Å². The van der Waals surface area contributed by atoms with Crippen LogP contribution in [0.4, 0.5) is 5.69 Å². The molecule has 1 N–H and O–H groups in total. The van der Waals surface area contributed by atoms with Gasteiger partial charge in [-0.15, -0.1) is 0 Å². The molecule has 0 atom stereocenters. The second-order valence-electron chi connectivity index (χ2n) is 4.18. The summed E-state index contributed by atoms with van der Waals surface area (Å²) in [6.45, 7) is 2.10. The molecule has 0 aliphatic carbocycles. The standard InChI is InChI=1S/C16H15NO2/c1-2-12-7-9-13(10-8-12)11-17-15-6-4-3-5-14(15)16(18)19/h3-11H,2H2,1H3,(H,18,19). The highest BCUT2D eigenvalue weighted by atomic mass is 16.4. The Hall–Kier alpha value is -2.42. The fourth-order valence-electron chi connectivity index (χ4n) is 1.75. The number of carboxylic acid groups (broad SMARTS) is 1. The molecule has 96 valence electrons. The number of aryl methyl sites for hydroxylation is 1. The van der Waals surface area contributed by atoms with E-state index in [9.17, 15) is 4.79 Å². The van der Waals surface area contributed by atoms with Crippen LogP contribution >= 0.6 is 0 Å². The van der Waals surface area contributed by atoms with Crippen LogP contribution in [0.15, 0.2) is 53.5 Å². The largest absolute Gasteiger partial charge is 0.478 e. The topological polar surface area (TPSA) is 49.7 Å². The van der Waals surface area contributed by atoms with Gasteiger partial charge in [0.1, 0.15) is 0 Å². The van der Waals surface area contributed by atoms with E-state index in [0.717, 1.165) is 12.0 Å². The van der Waals surface area contributed by atoms with Crippen molar-refractivity contribution in [3.63, 3.8) is 0 Å². The first kappa shape index (κ1) is 13.0. The zero-order valence-corrected chi connectivity index (χ0v) is 10.7. The summed E-state index contributed by atoms with van der Waals surface area (Å²) in [4.78, 5) is 15.3. The van der Waals surface area contributed by atoms with Crippen molar-refractivity contribution in [1.82, 2.24) is 0 Å². The summed E-state index contributed by atoms with van der Waals surface area (Å²) in [5.74, 6) is -0.964. The molecule has 2 aromatic rings. The minimum atomic E-state index is -0.964. The molecular weight excluding hydrogens is 238 g/mol. The predicted molar refractivity (Wildman–Crippen MR) is 76.5 cm³/mol. The summed E-state index contributed by atoms with van der Waals surface area (Å²) in [6.07, 6.45) is 2.68. The first-order chi connectivity index (χ1) is 9.20. The molecule has 2 aromatic carbocycles. The molecule has 0 aliphatic rings. The third-order valence-corrected chi connectivity index (χ3v) is 2.88. The van der Waals surface area contributed by atoms with Gasteiger partial charge in [0.15, 0.2) is 0 Å². The SMILES string of the molecule is CCc1ccc(C=Nc2ccccc2C(=O)O)cc1. The Labute approximate surface area is 112 Å². The number of hydrogen-bond donors (Lipinski definition) is 1. The highest BCUT2D eigenvalue weighted by Gasteiger charge is 2.06. The minimum absolute atomic E-state index is 0.212. The van der Waals surface area contributed by atoms with Crippen LogP contribution in [0.25, 0.3) is 0 Å². The van der Waals surface area contributed by atoms with E-state index in [4.69, 9.17) is 5.11 Å². The van der Waals surface area contributed by atoms with Crippen LogP contribution in [0.3, 0.4) is 0 Å². The summed E-state index contributed by atoms with van der Waals surface area (Å²) in [5.41, 5.74) is 2.90. The van der Waals surface area contributed by atoms with Gasteiger partial charge in [-0.2, -0.15) is 0 Å². The van der Waals surface area contributed by atoms with Crippen LogP contribution in [-0.2, 0) is 6.42 Å². The Balaban J connectivity index is 2.24. The van der Waals surface area contributed by atoms with Crippen molar-refractivity contribution >= 4 is 17.9 Å². The molecule has 0 spiro atoms. The summed E-state index contributed by atoms with van der Waals surface area (Å²) < 4.78 is 0. The molecule has 19 heavy (non-hydrogen) atoms. The molecule has 0 saturated heterocycles. The monoisotopic (exact) mass is 253 g/mol. The molecule has 0 aromatic heterocycles. The second kappa shape index (κ2) is 5.96. The van der Waals surface area contributed by atoms with Crippen molar-refractivity contribution in [3.8, 4) is 0 Å². The van der Waals surface area contributed by atoms with Crippen LogP contribution in [-0.4, -0.2) is 17.3 Å². The Morgan fingerprint density at radius 1 is 1.16 bits per heavy atom. The highest BCUT2D eigenvalue weighted by Crippen LogP contribution is 2.18. The third-order valence-electron chi connectivity index (χ3n) is 2.88. The molecule has 0 bridgehead atoms. The number of aromatic carboxylic acids is 1. The number of carboxylic acids is 1. The van der Waals surface area contributed by atoms with Crippen molar-refractivity contribution in [3.05, 3.63) is 65.2 Å². The van der Waals surface area contributed by atoms with E-state index < -0.39 is 5.97 Å². The van der Waals surface area contributed by atoms with Crippen molar-refractivity contribution in [1.29, 1.82) is 0 Å². The quantitative estimate of drug-likeness (QED) is 0.845. The number of nitrogens with zero attached hydrogens (tertiary/aromatic N) is 1. The van der Waals surface area contributed by atoms with Gasteiger partial charge in [-0.25, -0.2) is 4.79 Å². The zero-order chi connectivity index (χ0) is 13.7. The molecule has 3 heteroatoms. The van der Waals surface area contributed by atoms with E-state index in [-0.39, 0.29) is 5.56 Å². The van der Waals surface area contributed by atoms with E-state index in [1.165, 1.54) is 5.56 Å². The number of benzene rings is 2. The summed E-state index contributed by atoms with van der Waals surface area (Å²) in [5, 5.41) is 9.06. The highest BCUT2D eigenvalue weighted by molar-refractivity contribution is 5.95. The molecule has 0 heterocycles. The lowest BCUT2D eigenvalue weighted by atomic mass is 10.1. The van der Waals surface area contributed by atoms with Gasteiger partial charge in [0.05, 0.1) is 11.3 Å². The van der Waals surface area contributed by atoms with E-state index in [2.05, 4.69) is 11.9 Å². The number of rotatable bonds is 4. The fourth-order valence-corrected chi connectivity index (χ4v) is 1.75. The average Bonchev–Trinajstić information content (AvgIpc) is 2.46. The smallest absolute Gasteiger partial charge is 0.337 e. The molecule has 0 saturated carbocycles. The van der Waals surface area contributed by atoms with Gasteiger partial charge in [0.2, 0.25) is 0 Å². The van der Waals surface area contributed by atoms with Crippen LogP contribution in [0.5, 0.6) is 0 Å². The molecule has 0 fully saturated rings. The molecule has 0 radical (unpaired) electrons. The first-order valence-electron chi connectivity index (χ1n) is 6.16. The normalized spacial score (nSPS) is 10.8. The Kier molecular flexibility index (Phi) is 4.08. The van der Waals surface area contributed by atoms with Gasteiger partial charge in [-0.3, -0.25) is 4.99 Å². The number of para-hydroxylation sites is 1. The maximum Gasteiger partial charge on any atom is 0.337 e. The number of carbonyl (C=O) groups is 1. The van der Waals surface area contributed by atoms with E-state index in [1.54, 1.807) is 30.5 Å². The Bertz CT molecular complexity index is 600. The molecular formula is C16H15NO2. The van der Waals surface area contributed by atoms with E-state index >= 15 is 0 Å². The van der Waals surface area contributed by atoms with Gasteiger partial charge in [0, 0.05) is 6.21 Å². The summed E-state index contributed by atoms with van der Waals surface area (Å²) in [7, 11) is 0. The molecule has 0 aliphatic heterocycles. The lowest BCUT2D eigenvalue weighted by Crippen LogP contribution is -1.96. The second-order valence-corrected chi connectivity index (χ2v) is 4.18. The average molecular weight is 253 g/mol. The Morgan fingerprint density at radius 3 is 2.47 bits per heavy atom. The first-order valence-corrected chi connectivity index (χ1v) is 6.16. The fraction of sp³-hybridized carbons (Fsp3) is 0.125. The molecule has 0 unspecified atom stereocenters. The maximum absolute atomic E-state index is 11.0.